The minimum atomic E-state index is 0. The Labute approximate surface area is 93.0 Å². The van der Waals surface area contributed by atoms with E-state index in [1.165, 1.54) is 0 Å². The zero-order valence-electron chi connectivity index (χ0n) is 2.16. The van der Waals surface area contributed by atoms with Gasteiger partial charge >= 0.3 is 86.3 Å². The van der Waals surface area contributed by atoms with Crippen LogP contribution in [-0.2, 0) is 17.4 Å². The minimum Gasteiger partial charge on any atom is -1.00 e. The summed E-state index contributed by atoms with van der Waals surface area (Å²) in [6.07, 6.45) is 0. The first-order chi connectivity index (χ1) is 0. The van der Waals surface area contributed by atoms with E-state index in [-0.39, 0.29) is 95.7 Å². The first kappa shape index (κ1) is 32.0. The van der Waals surface area contributed by atoms with Crippen molar-refractivity contribution in [3.05, 3.63) is 0 Å². The maximum absolute atomic E-state index is 0. The van der Waals surface area contributed by atoms with E-state index in [9.17, 15) is 0 Å². The van der Waals surface area contributed by atoms with Crippen LogP contribution in [0, 0.1) is 0 Å². The van der Waals surface area contributed by atoms with Gasteiger partial charge in [-0.15, -0.1) is 0 Å². The fourth-order valence-electron chi connectivity index (χ4n) is 0. The van der Waals surface area contributed by atoms with E-state index < -0.39 is 0 Å². The Bertz CT molecular complexity index is 6.00. The third-order valence-electron chi connectivity index (χ3n) is 0. The molecule has 0 bridgehead atoms. The largest absolute Gasteiger partial charge is 3.00 e. The second-order valence-corrected chi connectivity index (χ2v) is 0. The molecule has 0 aromatic heterocycles. The van der Waals surface area contributed by atoms with E-state index in [1.54, 1.807) is 0 Å². The van der Waals surface area contributed by atoms with Crippen molar-refractivity contribution in [3.8, 4) is 0 Å². The van der Waals surface area contributed by atoms with Crippen LogP contribution in [0.25, 0.3) is 0 Å². The van der Waals surface area contributed by atoms with Crippen molar-refractivity contribution in [2.24, 2.45) is 0 Å². The predicted octanol–water partition coefficient (Wildman–Crippen LogP) is -8.99. The van der Waals surface area contributed by atoms with Gasteiger partial charge in [0.05, 0.1) is 0 Å². The molecule has 19 valence electrons. The van der Waals surface area contributed by atoms with Gasteiger partial charge in [0.2, 0.25) is 0 Å². The monoisotopic (exact) mass is 223 g/mol. The van der Waals surface area contributed by atoms with Crippen LogP contribution in [0.5, 0.6) is 0 Å². The van der Waals surface area contributed by atoms with E-state index in [1.807, 2.05) is 0 Å². The smallest absolute Gasteiger partial charge is 1.00 e. The summed E-state index contributed by atoms with van der Waals surface area (Å²) in [5.74, 6) is 0. The van der Waals surface area contributed by atoms with Crippen LogP contribution in [0.15, 0.2) is 0 Å². The van der Waals surface area contributed by atoms with Crippen molar-refractivity contribution >= 4 is 0 Å². The standard InChI is InChI=1S/Cr.Cs.2FH/h;;2*1H/q+3;+1;;/p-2. The third-order valence-corrected chi connectivity index (χ3v) is 0. The second-order valence-electron chi connectivity index (χ2n) is 0. The zero-order valence-corrected chi connectivity index (χ0v) is 9.72. The van der Waals surface area contributed by atoms with E-state index in [4.69, 9.17) is 0 Å². The first-order valence-corrected chi connectivity index (χ1v) is 0. The van der Waals surface area contributed by atoms with Gasteiger partial charge in [-0.1, -0.05) is 0 Å². The molecule has 0 saturated carbocycles. The van der Waals surface area contributed by atoms with Crippen LogP contribution >= 0.6 is 0 Å². The third kappa shape index (κ3) is 8.82. The van der Waals surface area contributed by atoms with Crippen molar-refractivity contribution in [1.82, 2.24) is 0 Å². The Morgan fingerprint density at radius 1 is 0.750 bits per heavy atom. The quantitative estimate of drug-likeness (QED) is 0.382. The van der Waals surface area contributed by atoms with Crippen LogP contribution < -0.4 is 78.3 Å². The topological polar surface area (TPSA) is 0 Å². The van der Waals surface area contributed by atoms with Gasteiger partial charge in [-0.05, 0) is 0 Å². The summed E-state index contributed by atoms with van der Waals surface area (Å²) in [6, 6.07) is 0. The molecule has 4 heteroatoms. The van der Waals surface area contributed by atoms with Gasteiger partial charge in [0, 0.05) is 0 Å². The molecule has 0 aliphatic rings. The predicted molar refractivity (Wildman–Crippen MR) is 0 cm³/mol. The summed E-state index contributed by atoms with van der Waals surface area (Å²) < 4.78 is 0. The SMILES string of the molecule is [Cr+3].[Cs+].[F-].[F-]. The Morgan fingerprint density at radius 2 is 0.750 bits per heavy atom. The van der Waals surface area contributed by atoms with Crippen LogP contribution in [-0.4, -0.2) is 0 Å². The maximum atomic E-state index is 0. The molecule has 0 aromatic rings. The number of hydrogen-bond donors (Lipinski definition) is 0. The second kappa shape index (κ2) is 18.0. The Balaban J connectivity index is 0. The van der Waals surface area contributed by atoms with Crippen molar-refractivity contribution in [1.29, 1.82) is 0 Å². The van der Waals surface area contributed by atoms with E-state index >= 15 is 0 Å². The average Bonchev–Trinajstić information content (AvgIpc) is 0. The van der Waals surface area contributed by atoms with Gasteiger partial charge in [0.15, 0.2) is 0 Å². The molecule has 4 heavy (non-hydrogen) atoms. The van der Waals surface area contributed by atoms with Gasteiger partial charge in [-0.25, -0.2) is 0 Å². The van der Waals surface area contributed by atoms with Gasteiger partial charge in [-0.2, -0.15) is 0 Å². The van der Waals surface area contributed by atoms with Crippen LogP contribution in [0.3, 0.4) is 0 Å². The summed E-state index contributed by atoms with van der Waals surface area (Å²) in [5.41, 5.74) is 0. The molecule has 1 radical (unpaired) electrons. The van der Waals surface area contributed by atoms with Crippen LogP contribution in [0.2, 0.25) is 0 Å². The normalized spacial score (nSPS) is 0. The Morgan fingerprint density at radius 3 is 0.750 bits per heavy atom. The minimum absolute atomic E-state index is 0. The molecule has 0 saturated heterocycles. The molecule has 0 aromatic carbocycles. The maximum Gasteiger partial charge on any atom is 3.00 e. The molecule has 0 rings (SSSR count). The molecule has 0 aliphatic heterocycles. The first-order valence-electron chi connectivity index (χ1n) is 0. The van der Waals surface area contributed by atoms with Crippen molar-refractivity contribution in [2.45, 2.75) is 0 Å². The molecule has 0 amide bonds. The molecule has 0 heterocycles. The molecular formula is CrCsF2+2. The summed E-state index contributed by atoms with van der Waals surface area (Å²) in [6.45, 7) is 0. The summed E-state index contributed by atoms with van der Waals surface area (Å²) >= 11 is 0. The fraction of sp³-hybridized carbons (Fsp3) is 0. The van der Waals surface area contributed by atoms with Crippen LogP contribution in [0.1, 0.15) is 0 Å². The van der Waals surface area contributed by atoms with Crippen molar-refractivity contribution in [3.63, 3.8) is 0 Å². The molecule has 0 unspecified atom stereocenters. The molecule has 0 atom stereocenters. The summed E-state index contributed by atoms with van der Waals surface area (Å²) in [5, 5.41) is 0. The number of rotatable bonds is 0. The van der Waals surface area contributed by atoms with Crippen molar-refractivity contribution in [2.75, 3.05) is 0 Å². The zero-order chi connectivity index (χ0) is 0. The van der Waals surface area contributed by atoms with Gasteiger partial charge in [0.1, 0.15) is 0 Å². The molecule has 0 spiro atoms. The number of hydrogen-bond acceptors (Lipinski definition) is 0. The molecule has 0 nitrogen and oxygen atoms in total. The van der Waals surface area contributed by atoms with Gasteiger partial charge in [0.25, 0.3) is 0 Å². The van der Waals surface area contributed by atoms with Gasteiger partial charge < -0.3 is 9.41 Å². The van der Waals surface area contributed by atoms with E-state index in [0.717, 1.165) is 0 Å². The van der Waals surface area contributed by atoms with E-state index in [2.05, 4.69) is 0 Å². The van der Waals surface area contributed by atoms with Crippen LogP contribution in [0.4, 0.5) is 0 Å². The number of halogens is 2. The molecule has 0 fully saturated rings. The average molecular weight is 223 g/mol. The van der Waals surface area contributed by atoms with E-state index in [0.29, 0.717) is 0 Å². The fourth-order valence-corrected chi connectivity index (χ4v) is 0. The molecular weight excluding hydrogens is 223 g/mol. The Hall–Kier alpha value is 2.44. The molecule has 0 N–H and O–H groups in total. The molecule has 0 aliphatic carbocycles. The Kier molecular flexibility index (Phi) is 144. The van der Waals surface area contributed by atoms with Crippen molar-refractivity contribution < 1.29 is 95.7 Å². The summed E-state index contributed by atoms with van der Waals surface area (Å²) in [7, 11) is 0. The van der Waals surface area contributed by atoms with Gasteiger partial charge in [-0.3, -0.25) is 0 Å². The summed E-state index contributed by atoms with van der Waals surface area (Å²) in [4.78, 5) is 0.